The third-order valence-electron chi connectivity index (χ3n) is 4.54. The molecule has 0 aliphatic carbocycles. The van der Waals surface area contributed by atoms with Gasteiger partial charge in [-0.05, 0) is 40.6 Å². The number of hydrogen-bond donors (Lipinski definition) is 1. The predicted molar refractivity (Wildman–Crippen MR) is 98.5 cm³/mol. The number of carbonyl (C=O) groups is 1. The van der Waals surface area contributed by atoms with E-state index in [0.29, 0.717) is 12.3 Å². The highest BCUT2D eigenvalue weighted by Gasteiger charge is 2.16. The minimum atomic E-state index is -0.935. The zero-order valence-corrected chi connectivity index (χ0v) is 13.8. The molecule has 0 aliphatic heterocycles. The molecule has 0 aliphatic rings. The van der Waals surface area contributed by atoms with Crippen LogP contribution in [0.1, 0.15) is 16.1 Å². The van der Waals surface area contributed by atoms with Gasteiger partial charge in [0, 0.05) is 17.4 Å². The molecule has 0 radical (unpaired) electrons. The third kappa shape index (κ3) is 2.62. The van der Waals surface area contributed by atoms with Crippen molar-refractivity contribution >= 4 is 27.6 Å². The summed E-state index contributed by atoms with van der Waals surface area (Å²) in [7, 11) is 1.60. The zero-order valence-electron chi connectivity index (χ0n) is 13.8. The standard InChI is InChI=1S/C21H17NO3/c1-25-17-9-10-19-16(11-17)12-20(21(23)24)22(19)13-15-7-4-6-14-5-2-3-8-18(14)15/h2-12H,13H2,1H3,(H,23,24). The van der Waals surface area contributed by atoms with Gasteiger partial charge in [-0.15, -0.1) is 0 Å². The lowest BCUT2D eigenvalue weighted by Gasteiger charge is -2.11. The number of carboxylic acid groups (broad SMARTS) is 1. The van der Waals surface area contributed by atoms with Crippen molar-refractivity contribution in [3.63, 3.8) is 0 Å². The minimum absolute atomic E-state index is 0.274. The van der Waals surface area contributed by atoms with Crippen LogP contribution in [0.3, 0.4) is 0 Å². The van der Waals surface area contributed by atoms with Crippen molar-refractivity contribution in [3.8, 4) is 5.75 Å². The van der Waals surface area contributed by atoms with Crippen LogP contribution < -0.4 is 4.74 Å². The van der Waals surface area contributed by atoms with Crippen molar-refractivity contribution in [3.05, 3.63) is 78.0 Å². The first kappa shape index (κ1) is 15.3. The van der Waals surface area contributed by atoms with Crippen LogP contribution in [0.25, 0.3) is 21.7 Å². The summed E-state index contributed by atoms with van der Waals surface area (Å²) in [6, 6.07) is 21.6. The molecule has 124 valence electrons. The molecule has 0 unspecified atom stereocenters. The molecule has 0 bridgehead atoms. The molecule has 25 heavy (non-hydrogen) atoms. The van der Waals surface area contributed by atoms with Gasteiger partial charge in [-0.25, -0.2) is 4.79 Å². The van der Waals surface area contributed by atoms with Crippen molar-refractivity contribution in [2.45, 2.75) is 6.54 Å². The summed E-state index contributed by atoms with van der Waals surface area (Å²) in [5.41, 5.74) is 2.25. The first-order valence-corrected chi connectivity index (χ1v) is 8.04. The molecule has 4 heteroatoms. The van der Waals surface area contributed by atoms with E-state index in [1.165, 1.54) is 0 Å². The van der Waals surface area contributed by atoms with E-state index in [1.807, 2.05) is 47.0 Å². The first-order chi connectivity index (χ1) is 12.2. The van der Waals surface area contributed by atoms with Gasteiger partial charge in [0.25, 0.3) is 0 Å². The molecule has 0 amide bonds. The summed E-state index contributed by atoms with van der Waals surface area (Å²) >= 11 is 0. The van der Waals surface area contributed by atoms with Crippen molar-refractivity contribution < 1.29 is 14.6 Å². The zero-order chi connectivity index (χ0) is 17.4. The monoisotopic (exact) mass is 331 g/mol. The average Bonchev–Trinajstić information content (AvgIpc) is 3.00. The third-order valence-corrected chi connectivity index (χ3v) is 4.54. The molecule has 1 N–H and O–H groups in total. The molecule has 1 heterocycles. The van der Waals surface area contributed by atoms with Crippen LogP contribution in [-0.2, 0) is 6.54 Å². The number of carboxylic acids is 1. The molecule has 0 fully saturated rings. The lowest BCUT2D eigenvalue weighted by Crippen LogP contribution is -2.09. The van der Waals surface area contributed by atoms with E-state index < -0.39 is 5.97 Å². The van der Waals surface area contributed by atoms with Crippen molar-refractivity contribution in [2.24, 2.45) is 0 Å². The molecule has 4 aromatic rings. The summed E-state index contributed by atoms with van der Waals surface area (Å²) in [5, 5.41) is 12.8. The fourth-order valence-electron chi connectivity index (χ4n) is 3.32. The second-order valence-corrected chi connectivity index (χ2v) is 5.98. The van der Waals surface area contributed by atoms with Crippen LogP contribution in [0.5, 0.6) is 5.75 Å². The Bertz CT molecular complexity index is 1090. The van der Waals surface area contributed by atoms with Crippen LogP contribution in [0.15, 0.2) is 66.7 Å². The van der Waals surface area contributed by atoms with Gasteiger partial charge in [0.2, 0.25) is 0 Å². The number of aromatic nitrogens is 1. The van der Waals surface area contributed by atoms with E-state index in [9.17, 15) is 9.90 Å². The number of ether oxygens (including phenoxy) is 1. The maximum absolute atomic E-state index is 11.7. The van der Waals surface area contributed by atoms with Crippen molar-refractivity contribution in [1.29, 1.82) is 0 Å². The maximum Gasteiger partial charge on any atom is 0.352 e. The Hall–Kier alpha value is -3.27. The Morgan fingerprint density at radius 2 is 1.80 bits per heavy atom. The number of benzene rings is 3. The molecule has 0 atom stereocenters. The number of rotatable bonds is 4. The second kappa shape index (κ2) is 5.98. The molecule has 4 nitrogen and oxygen atoms in total. The summed E-state index contributed by atoms with van der Waals surface area (Å²) in [6.45, 7) is 0.499. The van der Waals surface area contributed by atoms with Crippen molar-refractivity contribution in [2.75, 3.05) is 7.11 Å². The minimum Gasteiger partial charge on any atom is -0.497 e. The van der Waals surface area contributed by atoms with Gasteiger partial charge in [-0.1, -0.05) is 42.5 Å². The molecule has 1 aromatic heterocycles. The van der Waals surface area contributed by atoms with Gasteiger partial charge in [0.05, 0.1) is 7.11 Å². The van der Waals surface area contributed by atoms with E-state index in [4.69, 9.17) is 4.74 Å². The highest BCUT2D eigenvalue weighted by Crippen LogP contribution is 2.27. The lowest BCUT2D eigenvalue weighted by atomic mass is 10.0. The van der Waals surface area contributed by atoms with Crippen molar-refractivity contribution in [1.82, 2.24) is 4.57 Å². The van der Waals surface area contributed by atoms with Crippen LogP contribution in [0.2, 0.25) is 0 Å². The molecule has 3 aromatic carbocycles. The Labute approximate surface area is 144 Å². The van der Waals surface area contributed by atoms with Crippen LogP contribution in [0.4, 0.5) is 0 Å². The van der Waals surface area contributed by atoms with Gasteiger partial charge in [-0.3, -0.25) is 0 Å². The highest BCUT2D eigenvalue weighted by atomic mass is 16.5. The Morgan fingerprint density at radius 1 is 1.00 bits per heavy atom. The van der Waals surface area contributed by atoms with Crippen LogP contribution in [0, 0.1) is 0 Å². The Morgan fingerprint density at radius 3 is 2.60 bits per heavy atom. The van der Waals surface area contributed by atoms with Gasteiger partial charge >= 0.3 is 5.97 Å². The largest absolute Gasteiger partial charge is 0.497 e. The molecular formula is C21H17NO3. The Balaban J connectivity index is 1.90. The second-order valence-electron chi connectivity index (χ2n) is 5.98. The van der Waals surface area contributed by atoms with Gasteiger partial charge in [0.1, 0.15) is 11.4 Å². The summed E-state index contributed by atoms with van der Waals surface area (Å²) in [4.78, 5) is 11.7. The maximum atomic E-state index is 11.7. The molecular weight excluding hydrogens is 314 g/mol. The van der Waals surface area contributed by atoms with Crippen LogP contribution >= 0.6 is 0 Å². The topological polar surface area (TPSA) is 51.5 Å². The fourth-order valence-corrected chi connectivity index (χ4v) is 3.32. The van der Waals surface area contributed by atoms with E-state index in [-0.39, 0.29) is 5.69 Å². The molecule has 0 spiro atoms. The van der Waals surface area contributed by atoms with E-state index in [1.54, 1.807) is 13.2 Å². The predicted octanol–water partition coefficient (Wildman–Crippen LogP) is 4.55. The quantitative estimate of drug-likeness (QED) is 0.597. The van der Waals surface area contributed by atoms with Gasteiger partial charge in [0.15, 0.2) is 0 Å². The SMILES string of the molecule is COc1ccc2c(c1)cc(C(=O)O)n2Cc1cccc2ccccc12. The number of aromatic carboxylic acids is 1. The smallest absolute Gasteiger partial charge is 0.352 e. The van der Waals surface area contributed by atoms with Crippen LogP contribution in [-0.4, -0.2) is 22.8 Å². The molecule has 0 saturated heterocycles. The summed E-state index contributed by atoms with van der Waals surface area (Å²) in [5.74, 6) is -0.220. The van der Waals surface area contributed by atoms with Gasteiger partial charge in [-0.2, -0.15) is 0 Å². The van der Waals surface area contributed by atoms with E-state index in [2.05, 4.69) is 18.2 Å². The normalized spacial score (nSPS) is 11.1. The average molecular weight is 331 g/mol. The summed E-state index contributed by atoms with van der Waals surface area (Å²) in [6.07, 6.45) is 0. The number of nitrogens with zero attached hydrogens (tertiary/aromatic N) is 1. The highest BCUT2D eigenvalue weighted by molar-refractivity contribution is 5.95. The lowest BCUT2D eigenvalue weighted by molar-refractivity contribution is 0.0686. The first-order valence-electron chi connectivity index (χ1n) is 8.04. The number of hydrogen-bond acceptors (Lipinski definition) is 2. The van der Waals surface area contributed by atoms with E-state index in [0.717, 1.165) is 27.2 Å². The number of fused-ring (bicyclic) bond motifs is 2. The molecule has 4 rings (SSSR count). The van der Waals surface area contributed by atoms with E-state index >= 15 is 0 Å². The fraction of sp³-hybridized carbons (Fsp3) is 0.0952. The molecule has 0 saturated carbocycles. The van der Waals surface area contributed by atoms with Gasteiger partial charge < -0.3 is 14.4 Å². The Kier molecular flexibility index (Phi) is 3.65. The number of methoxy groups -OCH3 is 1. The summed E-state index contributed by atoms with van der Waals surface area (Å²) < 4.78 is 7.10.